The molecule has 5 rings (SSSR count). The van der Waals surface area contributed by atoms with Crippen molar-refractivity contribution in [1.82, 2.24) is 5.01 Å². The summed E-state index contributed by atoms with van der Waals surface area (Å²) < 4.78 is 5.91. The molecule has 3 aliphatic rings. The van der Waals surface area contributed by atoms with Crippen molar-refractivity contribution in [3.63, 3.8) is 0 Å². The molecule has 1 N–H and O–H groups in total. The lowest BCUT2D eigenvalue weighted by Gasteiger charge is -2.20. The van der Waals surface area contributed by atoms with Gasteiger partial charge in [0.15, 0.2) is 5.84 Å². The third kappa shape index (κ3) is 4.70. The van der Waals surface area contributed by atoms with Crippen LogP contribution in [0.25, 0.3) is 17.4 Å². The Bertz CT molecular complexity index is 1210. The first-order valence-electron chi connectivity index (χ1n) is 11.3. The van der Waals surface area contributed by atoms with Crippen LogP contribution in [0.4, 0.5) is 0 Å². The van der Waals surface area contributed by atoms with Gasteiger partial charge in [-0.25, -0.2) is 0 Å². The Labute approximate surface area is 202 Å². The maximum atomic E-state index is 12.7. The standard InChI is InChI=1S/C25H25ClN4O2S/c1-15-7-9-17(13-20(15)26)21-11-10-18(32-21)14-19-23(27)30-25(28-24(19)31)33-22(29-30)12-8-16-5-3-2-4-6-16/h7,9-11,13-14,16,27H,2-6,8,12H2,1H3/b19-14-,27-23?. The number of benzene rings is 1. The average Bonchev–Trinajstić information content (AvgIpc) is 3.45. The number of hydrazone groups is 1. The highest BCUT2D eigenvalue weighted by Gasteiger charge is 2.35. The summed E-state index contributed by atoms with van der Waals surface area (Å²) in [6.07, 6.45) is 10.1. The van der Waals surface area contributed by atoms with E-state index in [0.717, 1.165) is 34.9 Å². The predicted molar refractivity (Wildman–Crippen MR) is 135 cm³/mol. The molecule has 1 aliphatic carbocycles. The van der Waals surface area contributed by atoms with Crippen LogP contribution in [-0.2, 0) is 4.79 Å². The van der Waals surface area contributed by atoms with Crippen molar-refractivity contribution in [3.05, 3.63) is 52.3 Å². The van der Waals surface area contributed by atoms with Gasteiger partial charge in [-0.1, -0.05) is 55.8 Å². The zero-order chi connectivity index (χ0) is 22.9. The Kier molecular flexibility index (Phi) is 6.25. The van der Waals surface area contributed by atoms with Crippen LogP contribution < -0.4 is 0 Å². The number of hydrogen-bond acceptors (Lipinski definition) is 5. The number of halogens is 1. The van der Waals surface area contributed by atoms with E-state index >= 15 is 0 Å². The van der Waals surface area contributed by atoms with E-state index in [1.165, 1.54) is 48.9 Å². The van der Waals surface area contributed by atoms with E-state index in [-0.39, 0.29) is 11.4 Å². The lowest BCUT2D eigenvalue weighted by atomic mass is 9.86. The number of thioether (sulfide) groups is 1. The first-order chi connectivity index (χ1) is 16.0. The van der Waals surface area contributed by atoms with E-state index < -0.39 is 5.91 Å². The number of aryl methyl sites for hydroxylation is 1. The number of amides is 1. The number of furan rings is 1. The normalized spacial score (nSPS) is 20.3. The predicted octanol–water partition coefficient (Wildman–Crippen LogP) is 6.89. The van der Waals surface area contributed by atoms with E-state index in [1.54, 1.807) is 12.1 Å². The molecule has 0 unspecified atom stereocenters. The van der Waals surface area contributed by atoms with Crippen LogP contribution in [0.5, 0.6) is 0 Å². The summed E-state index contributed by atoms with van der Waals surface area (Å²) in [7, 11) is 0. The fourth-order valence-electron chi connectivity index (χ4n) is 4.41. The number of amidine groups is 2. The molecule has 1 saturated carbocycles. The number of rotatable bonds is 5. The monoisotopic (exact) mass is 480 g/mol. The van der Waals surface area contributed by atoms with Crippen LogP contribution in [0.1, 0.15) is 56.3 Å². The fourth-order valence-corrected chi connectivity index (χ4v) is 5.49. The van der Waals surface area contributed by atoms with Crippen molar-refractivity contribution < 1.29 is 9.21 Å². The SMILES string of the molecule is Cc1ccc(-c2ccc(/C=C3/C(=N)N4N=C(CCC5CCCCC5)SC4=NC3=O)o2)cc1Cl. The van der Waals surface area contributed by atoms with Crippen LogP contribution in [0, 0.1) is 18.3 Å². The zero-order valence-corrected chi connectivity index (χ0v) is 20.0. The quantitative estimate of drug-likeness (QED) is 0.472. The second-order valence-electron chi connectivity index (χ2n) is 8.72. The van der Waals surface area contributed by atoms with Gasteiger partial charge in [0.2, 0.25) is 5.17 Å². The van der Waals surface area contributed by atoms with Crippen LogP contribution in [-0.4, -0.2) is 27.0 Å². The number of carbonyl (C=O) groups is 1. The van der Waals surface area contributed by atoms with E-state index in [9.17, 15) is 4.79 Å². The lowest BCUT2D eigenvalue weighted by molar-refractivity contribution is -0.114. The number of nitrogens with one attached hydrogen (secondary N) is 1. The minimum Gasteiger partial charge on any atom is -0.457 e. The van der Waals surface area contributed by atoms with Crippen molar-refractivity contribution in [2.45, 2.75) is 51.9 Å². The summed E-state index contributed by atoms with van der Waals surface area (Å²) in [4.78, 5) is 16.9. The smallest absolute Gasteiger partial charge is 0.283 e. The highest BCUT2D eigenvalue weighted by atomic mass is 35.5. The van der Waals surface area contributed by atoms with Crippen LogP contribution >= 0.6 is 23.4 Å². The summed E-state index contributed by atoms with van der Waals surface area (Å²) >= 11 is 7.64. The van der Waals surface area contributed by atoms with Crippen LogP contribution in [0.3, 0.4) is 0 Å². The molecule has 1 aromatic heterocycles. The molecule has 33 heavy (non-hydrogen) atoms. The molecule has 1 aromatic carbocycles. The summed E-state index contributed by atoms with van der Waals surface area (Å²) in [6.45, 7) is 1.94. The van der Waals surface area contributed by atoms with Crippen molar-refractivity contribution >= 4 is 51.4 Å². The van der Waals surface area contributed by atoms with Gasteiger partial charge in [-0.05, 0) is 67.3 Å². The van der Waals surface area contributed by atoms with Gasteiger partial charge >= 0.3 is 0 Å². The molecular weight excluding hydrogens is 456 g/mol. The number of nitrogens with zero attached hydrogens (tertiary/aromatic N) is 3. The Hall–Kier alpha value is -2.64. The first-order valence-corrected chi connectivity index (χ1v) is 12.5. The molecule has 0 spiro atoms. The number of aliphatic imine (C=N–C) groups is 1. The van der Waals surface area contributed by atoms with Gasteiger partial charge in [0, 0.05) is 10.6 Å². The van der Waals surface area contributed by atoms with Gasteiger partial charge in [-0.3, -0.25) is 10.2 Å². The summed E-state index contributed by atoms with van der Waals surface area (Å²) in [5.74, 6) is 1.46. The summed E-state index contributed by atoms with van der Waals surface area (Å²) in [5, 5.41) is 16.7. The van der Waals surface area contributed by atoms with Crippen molar-refractivity contribution in [3.8, 4) is 11.3 Å². The van der Waals surface area contributed by atoms with Gasteiger partial charge in [0.25, 0.3) is 5.91 Å². The third-order valence-electron chi connectivity index (χ3n) is 6.36. The Morgan fingerprint density at radius 2 is 2.06 bits per heavy atom. The number of hydrogen-bond donors (Lipinski definition) is 1. The zero-order valence-electron chi connectivity index (χ0n) is 18.4. The Balaban J connectivity index is 1.32. The van der Waals surface area contributed by atoms with Gasteiger partial charge in [0.05, 0.1) is 5.57 Å². The molecule has 1 fully saturated rings. The molecule has 0 radical (unpaired) electrons. The van der Waals surface area contributed by atoms with Crippen molar-refractivity contribution in [2.24, 2.45) is 16.0 Å². The molecule has 0 bridgehead atoms. The van der Waals surface area contributed by atoms with E-state index in [2.05, 4.69) is 10.1 Å². The third-order valence-corrected chi connectivity index (χ3v) is 7.73. The topological polar surface area (TPSA) is 82.0 Å². The average molecular weight is 481 g/mol. The molecule has 0 atom stereocenters. The van der Waals surface area contributed by atoms with E-state index in [1.807, 2.05) is 31.2 Å². The number of carbonyl (C=O) groups excluding carboxylic acids is 1. The molecule has 3 heterocycles. The molecule has 2 aromatic rings. The minimum absolute atomic E-state index is 0.0292. The first kappa shape index (κ1) is 22.2. The second kappa shape index (κ2) is 9.31. The summed E-state index contributed by atoms with van der Waals surface area (Å²) in [5.41, 5.74) is 2.01. The molecule has 6 nitrogen and oxygen atoms in total. The maximum Gasteiger partial charge on any atom is 0.283 e. The minimum atomic E-state index is -0.446. The van der Waals surface area contributed by atoms with Gasteiger partial charge < -0.3 is 4.42 Å². The highest BCUT2D eigenvalue weighted by Crippen LogP contribution is 2.34. The van der Waals surface area contributed by atoms with Crippen molar-refractivity contribution in [2.75, 3.05) is 0 Å². The molecule has 0 saturated heterocycles. The van der Waals surface area contributed by atoms with E-state index in [4.69, 9.17) is 21.4 Å². The molecule has 8 heteroatoms. The maximum absolute atomic E-state index is 12.7. The van der Waals surface area contributed by atoms with Gasteiger partial charge in [-0.2, -0.15) is 15.1 Å². The molecule has 1 amide bonds. The Morgan fingerprint density at radius 3 is 2.85 bits per heavy atom. The lowest BCUT2D eigenvalue weighted by Crippen LogP contribution is -2.35. The molecular formula is C25H25ClN4O2S. The van der Waals surface area contributed by atoms with Crippen LogP contribution in [0.15, 0.2) is 50.4 Å². The fraction of sp³-hybridized carbons (Fsp3) is 0.360. The van der Waals surface area contributed by atoms with Crippen molar-refractivity contribution in [1.29, 1.82) is 5.41 Å². The molecule has 170 valence electrons. The van der Waals surface area contributed by atoms with Crippen LogP contribution in [0.2, 0.25) is 5.02 Å². The summed E-state index contributed by atoms with van der Waals surface area (Å²) in [6, 6.07) is 9.32. The van der Waals surface area contributed by atoms with E-state index in [0.29, 0.717) is 21.7 Å². The largest absolute Gasteiger partial charge is 0.457 e. The highest BCUT2D eigenvalue weighted by molar-refractivity contribution is 8.26. The van der Waals surface area contributed by atoms with Gasteiger partial charge in [-0.15, -0.1) is 0 Å². The molecule has 2 aliphatic heterocycles. The Morgan fingerprint density at radius 1 is 1.24 bits per heavy atom. The van der Waals surface area contributed by atoms with Gasteiger partial charge in [0.1, 0.15) is 16.6 Å². The second-order valence-corrected chi connectivity index (χ2v) is 10.2. The number of fused-ring (bicyclic) bond motifs is 1.